The van der Waals surface area contributed by atoms with Crippen LogP contribution in [0, 0.1) is 5.92 Å². The van der Waals surface area contributed by atoms with Crippen LogP contribution in [0.15, 0.2) is 36.5 Å². The van der Waals surface area contributed by atoms with E-state index >= 15 is 0 Å². The normalized spacial score (nSPS) is 20.0. The molecule has 1 amide bonds. The van der Waals surface area contributed by atoms with Crippen molar-refractivity contribution in [2.45, 2.75) is 57.4 Å². The van der Waals surface area contributed by atoms with Crippen LogP contribution in [0.4, 0.5) is 17.5 Å². The third kappa shape index (κ3) is 5.22. The van der Waals surface area contributed by atoms with Crippen LogP contribution in [0.5, 0.6) is 0 Å². The van der Waals surface area contributed by atoms with Gasteiger partial charge in [0.2, 0.25) is 11.9 Å². The molecule has 160 valence electrons. The van der Waals surface area contributed by atoms with E-state index in [9.17, 15) is 4.79 Å². The van der Waals surface area contributed by atoms with E-state index in [1.165, 1.54) is 38.5 Å². The molecule has 1 aromatic carbocycles. The van der Waals surface area contributed by atoms with Crippen LogP contribution in [0.1, 0.15) is 51.4 Å². The number of anilines is 3. The van der Waals surface area contributed by atoms with Crippen LogP contribution in [0.3, 0.4) is 0 Å². The number of hydrogen-bond acceptors (Lipinski definition) is 5. The number of hydrogen-bond donors (Lipinski definition) is 2. The number of benzene rings is 1. The standard InChI is InChI=1S/C23H30ClN5O/c24-18-10-5-6-11-19(18)27-21-13-14-25-23(28-21)29-15-7-12-20(29)22(30)26-16-17-8-3-1-2-4-9-17/h5-6,10-11,13-14,17,20H,1-4,7-9,12,15-16H2,(H,26,30)(H,25,27,28)/t20-/m0/s1. The van der Waals surface area contributed by atoms with Gasteiger partial charge in [-0.25, -0.2) is 4.98 Å². The average Bonchev–Trinajstić information content (AvgIpc) is 3.11. The molecule has 2 fully saturated rings. The number of para-hydroxylation sites is 1. The van der Waals surface area contributed by atoms with Crippen LogP contribution in [-0.2, 0) is 4.79 Å². The van der Waals surface area contributed by atoms with Gasteiger partial charge in [0.15, 0.2) is 0 Å². The lowest BCUT2D eigenvalue weighted by molar-refractivity contribution is -0.122. The van der Waals surface area contributed by atoms with Gasteiger partial charge >= 0.3 is 0 Å². The average molecular weight is 428 g/mol. The fourth-order valence-corrected chi connectivity index (χ4v) is 4.65. The van der Waals surface area contributed by atoms with Crippen LogP contribution in [0.2, 0.25) is 5.02 Å². The highest BCUT2D eigenvalue weighted by Crippen LogP contribution is 2.27. The molecular weight excluding hydrogens is 398 g/mol. The predicted molar refractivity (Wildman–Crippen MR) is 121 cm³/mol. The number of halogens is 1. The first-order valence-corrected chi connectivity index (χ1v) is 11.5. The molecule has 2 heterocycles. The molecule has 30 heavy (non-hydrogen) atoms. The molecule has 0 radical (unpaired) electrons. The van der Waals surface area contributed by atoms with Crippen molar-refractivity contribution in [1.29, 1.82) is 0 Å². The maximum Gasteiger partial charge on any atom is 0.242 e. The second kappa shape index (κ2) is 10.1. The van der Waals surface area contributed by atoms with Crippen molar-refractivity contribution in [3.8, 4) is 0 Å². The lowest BCUT2D eigenvalue weighted by Crippen LogP contribution is -2.45. The molecular formula is C23H30ClN5O. The minimum absolute atomic E-state index is 0.102. The summed E-state index contributed by atoms with van der Waals surface area (Å²) in [6.07, 6.45) is 11.2. The molecule has 6 nitrogen and oxygen atoms in total. The lowest BCUT2D eigenvalue weighted by atomic mass is 10.0. The van der Waals surface area contributed by atoms with Gasteiger partial charge < -0.3 is 15.5 Å². The van der Waals surface area contributed by atoms with Crippen molar-refractivity contribution in [2.75, 3.05) is 23.3 Å². The van der Waals surface area contributed by atoms with Crippen molar-refractivity contribution in [2.24, 2.45) is 5.92 Å². The van der Waals surface area contributed by atoms with Gasteiger partial charge in [0.1, 0.15) is 11.9 Å². The van der Waals surface area contributed by atoms with Gasteiger partial charge in [0.05, 0.1) is 10.7 Å². The molecule has 7 heteroatoms. The topological polar surface area (TPSA) is 70.2 Å². The van der Waals surface area contributed by atoms with Gasteiger partial charge in [-0.15, -0.1) is 0 Å². The Kier molecular flexibility index (Phi) is 7.05. The summed E-state index contributed by atoms with van der Waals surface area (Å²) in [6.45, 7) is 1.58. The Labute approximate surface area is 183 Å². The molecule has 0 unspecified atom stereocenters. The minimum atomic E-state index is -0.202. The van der Waals surface area contributed by atoms with Crippen molar-refractivity contribution in [1.82, 2.24) is 15.3 Å². The maximum absolute atomic E-state index is 12.9. The highest BCUT2D eigenvalue weighted by Gasteiger charge is 2.32. The van der Waals surface area contributed by atoms with Crippen molar-refractivity contribution in [3.05, 3.63) is 41.6 Å². The lowest BCUT2D eigenvalue weighted by Gasteiger charge is -2.25. The maximum atomic E-state index is 12.9. The fourth-order valence-electron chi connectivity index (χ4n) is 4.47. The second-order valence-electron chi connectivity index (χ2n) is 8.30. The van der Waals surface area contributed by atoms with E-state index < -0.39 is 0 Å². The van der Waals surface area contributed by atoms with E-state index in [-0.39, 0.29) is 11.9 Å². The number of amides is 1. The summed E-state index contributed by atoms with van der Waals surface area (Å²) in [5.41, 5.74) is 0.794. The SMILES string of the molecule is O=C(NCC1CCCCCC1)[C@@H]1CCCN1c1nccc(Nc2ccccc2Cl)n1. The monoisotopic (exact) mass is 427 g/mol. The minimum Gasteiger partial charge on any atom is -0.354 e. The van der Waals surface area contributed by atoms with Crippen LogP contribution < -0.4 is 15.5 Å². The zero-order chi connectivity index (χ0) is 20.8. The van der Waals surface area contributed by atoms with Gasteiger partial charge in [-0.1, -0.05) is 49.4 Å². The molecule has 1 aliphatic heterocycles. The van der Waals surface area contributed by atoms with Crippen molar-refractivity contribution < 1.29 is 4.79 Å². The molecule has 2 N–H and O–H groups in total. The van der Waals surface area contributed by atoms with Crippen LogP contribution >= 0.6 is 11.6 Å². The van der Waals surface area contributed by atoms with Gasteiger partial charge in [-0.3, -0.25) is 4.79 Å². The molecule has 1 aliphatic carbocycles. The molecule has 1 aromatic heterocycles. The number of nitrogens with one attached hydrogen (secondary N) is 2. The van der Waals surface area contributed by atoms with E-state index in [0.29, 0.717) is 22.7 Å². The summed E-state index contributed by atoms with van der Waals surface area (Å²) in [7, 11) is 0. The summed E-state index contributed by atoms with van der Waals surface area (Å²) in [5.74, 6) is 1.97. The van der Waals surface area contributed by atoms with Crippen LogP contribution in [-0.4, -0.2) is 35.0 Å². The van der Waals surface area contributed by atoms with E-state index in [2.05, 4.69) is 20.6 Å². The quantitative estimate of drug-likeness (QED) is 0.639. The Morgan fingerprint density at radius 3 is 2.67 bits per heavy atom. The number of carbonyl (C=O) groups is 1. The molecule has 0 bridgehead atoms. The number of nitrogens with zero attached hydrogens (tertiary/aromatic N) is 3. The van der Waals surface area contributed by atoms with E-state index in [4.69, 9.17) is 11.6 Å². The summed E-state index contributed by atoms with van der Waals surface area (Å²) in [6, 6.07) is 9.16. The largest absolute Gasteiger partial charge is 0.354 e. The number of carbonyl (C=O) groups excluding carboxylic acids is 1. The Morgan fingerprint density at radius 1 is 1.07 bits per heavy atom. The van der Waals surface area contributed by atoms with Gasteiger partial charge in [0, 0.05) is 19.3 Å². The van der Waals surface area contributed by atoms with Gasteiger partial charge in [-0.2, -0.15) is 4.98 Å². The van der Waals surface area contributed by atoms with Crippen molar-refractivity contribution in [3.63, 3.8) is 0 Å². The molecule has 1 saturated carbocycles. The summed E-state index contributed by atoms with van der Waals surface area (Å²) in [4.78, 5) is 24.1. The molecule has 1 atom stereocenters. The third-order valence-corrected chi connectivity index (χ3v) is 6.46. The highest BCUT2D eigenvalue weighted by atomic mass is 35.5. The fraction of sp³-hybridized carbons (Fsp3) is 0.522. The van der Waals surface area contributed by atoms with Crippen LogP contribution in [0.25, 0.3) is 0 Å². The first-order chi connectivity index (χ1) is 14.7. The summed E-state index contributed by atoms with van der Waals surface area (Å²) in [5, 5.41) is 7.09. The Morgan fingerprint density at radius 2 is 1.87 bits per heavy atom. The first kappa shape index (κ1) is 20.9. The second-order valence-corrected chi connectivity index (χ2v) is 8.71. The number of aromatic nitrogens is 2. The Balaban J connectivity index is 1.40. The van der Waals surface area contributed by atoms with Gasteiger partial charge in [-0.05, 0) is 49.8 Å². The molecule has 2 aromatic rings. The van der Waals surface area contributed by atoms with Gasteiger partial charge in [0.25, 0.3) is 0 Å². The molecule has 1 saturated heterocycles. The molecule has 4 rings (SSSR count). The van der Waals surface area contributed by atoms with Crippen molar-refractivity contribution >= 4 is 35.0 Å². The van der Waals surface area contributed by atoms with E-state index in [1.54, 1.807) is 6.20 Å². The number of rotatable bonds is 6. The highest BCUT2D eigenvalue weighted by molar-refractivity contribution is 6.33. The van der Waals surface area contributed by atoms with E-state index in [0.717, 1.165) is 31.6 Å². The first-order valence-electron chi connectivity index (χ1n) is 11.1. The third-order valence-electron chi connectivity index (χ3n) is 6.13. The zero-order valence-corrected chi connectivity index (χ0v) is 18.1. The molecule has 0 spiro atoms. The zero-order valence-electron chi connectivity index (χ0n) is 17.3. The summed E-state index contributed by atoms with van der Waals surface area (Å²) < 4.78 is 0. The predicted octanol–water partition coefficient (Wildman–Crippen LogP) is 4.93. The van der Waals surface area contributed by atoms with E-state index in [1.807, 2.05) is 35.2 Å². The molecule has 2 aliphatic rings. The smallest absolute Gasteiger partial charge is 0.242 e. The Bertz CT molecular complexity index is 853. The summed E-state index contributed by atoms with van der Waals surface area (Å²) >= 11 is 6.25. The Hall–Kier alpha value is -2.34.